The maximum absolute atomic E-state index is 5.35. The summed E-state index contributed by atoms with van der Waals surface area (Å²) in [5.74, 6) is 0.863. The van der Waals surface area contributed by atoms with Crippen molar-refractivity contribution in [1.82, 2.24) is 19.1 Å². The summed E-state index contributed by atoms with van der Waals surface area (Å²) in [6.07, 6.45) is 0. The summed E-state index contributed by atoms with van der Waals surface area (Å²) < 4.78 is 4.76. The van der Waals surface area contributed by atoms with Gasteiger partial charge in [-0.1, -0.05) is 115 Å². The molecule has 0 unspecified atom stereocenters. The minimum atomic E-state index is 0.863. The smallest absolute Gasteiger partial charge is 0.165 e. The van der Waals surface area contributed by atoms with Crippen LogP contribution in [0.2, 0.25) is 0 Å². The van der Waals surface area contributed by atoms with E-state index in [4.69, 9.17) is 9.97 Å². The molecule has 3 aromatic heterocycles. The van der Waals surface area contributed by atoms with E-state index in [0.29, 0.717) is 0 Å². The summed E-state index contributed by atoms with van der Waals surface area (Å²) in [5.41, 5.74) is 14.3. The summed E-state index contributed by atoms with van der Waals surface area (Å²) >= 11 is 0. The molecule has 7 aromatic carbocycles. The van der Waals surface area contributed by atoms with Gasteiger partial charge in [-0.15, -0.1) is 0 Å². The molecule has 0 aliphatic carbocycles. The number of nitrogens with zero attached hydrogens (tertiary/aromatic N) is 4. The molecule has 1 aliphatic heterocycles. The van der Waals surface area contributed by atoms with Gasteiger partial charge >= 0.3 is 0 Å². The van der Waals surface area contributed by atoms with Crippen LogP contribution in [0.1, 0.15) is 0 Å². The minimum absolute atomic E-state index is 0.863. The lowest BCUT2D eigenvalue weighted by Crippen LogP contribution is -2.02. The number of para-hydroxylation sites is 5. The molecule has 222 valence electrons. The van der Waals surface area contributed by atoms with Crippen LogP contribution in [0.25, 0.3) is 99.7 Å². The highest BCUT2D eigenvalue weighted by Gasteiger charge is 2.29. The first kappa shape index (κ1) is 25.6. The number of benzene rings is 7. The molecule has 11 rings (SSSR count). The minimum Gasteiger partial charge on any atom is -0.309 e. The van der Waals surface area contributed by atoms with Crippen molar-refractivity contribution in [3.05, 3.63) is 158 Å². The fourth-order valence-corrected chi connectivity index (χ4v) is 8.11. The predicted molar refractivity (Wildman–Crippen MR) is 198 cm³/mol. The van der Waals surface area contributed by atoms with E-state index < -0.39 is 0 Å². The second-order valence-corrected chi connectivity index (χ2v) is 12.6. The summed E-state index contributed by atoms with van der Waals surface area (Å²) in [6, 6.07) is 56.5. The van der Waals surface area contributed by atoms with Crippen molar-refractivity contribution < 1.29 is 0 Å². The van der Waals surface area contributed by atoms with Crippen molar-refractivity contribution in [2.24, 2.45) is 0 Å². The van der Waals surface area contributed by atoms with Crippen LogP contribution in [0.5, 0.6) is 0 Å². The molecule has 0 bridgehead atoms. The molecule has 0 amide bonds. The average molecular weight is 611 g/mol. The van der Waals surface area contributed by atoms with Gasteiger partial charge in [-0.05, 0) is 59.2 Å². The predicted octanol–water partition coefficient (Wildman–Crippen LogP) is 11.1. The zero-order valence-electron chi connectivity index (χ0n) is 25.8. The molecule has 10 aromatic rings. The molecular weight excluding hydrogens is 585 g/mol. The standard InChI is InChI=1S/C44H26N4/c1-2-13-27(14-3-1)47-38-23-11-7-18-34(38)40-29(19-12-24-39(40)47)31-25-26-33-28-15-6-10-22-37(28)48-43(33)41(31)30-16-4-5-17-32(30)42-44(48)46-36-21-9-8-20-35(36)45-42/h1-26H. The Hall–Kier alpha value is -6.52. The van der Waals surface area contributed by atoms with E-state index in [1.807, 2.05) is 12.1 Å². The van der Waals surface area contributed by atoms with Crippen LogP contribution in [0.4, 0.5) is 0 Å². The highest BCUT2D eigenvalue weighted by atomic mass is 15.1. The molecule has 1 aliphatic rings. The molecule has 0 fully saturated rings. The molecule has 0 saturated heterocycles. The molecular formula is C44H26N4. The van der Waals surface area contributed by atoms with Gasteiger partial charge < -0.3 is 4.57 Å². The molecule has 4 heterocycles. The van der Waals surface area contributed by atoms with E-state index in [1.165, 1.54) is 49.3 Å². The highest BCUT2D eigenvalue weighted by Crippen LogP contribution is 2.51. The highest BCUT2D eigenvalue weighted by molar-refractivity contribution is 6.22. The van der Waals surface area contributed by atoms with Crippen molar-refractivity contribution in [2.45, 2.75) is 0 Å². The molecule has 0 saturated carbocycles. The second-order valence-electron chi connectivity index (χ2n) is 12.6. The van der Waals surface area contributed by atoms with Crippen LogP contribution in [0, 0.1) is 0 Å². The van der Waals surface area contributed by atoms with E-state index >= 15 is 0 Å². The first-order chi connectivity index (χ1) is 23.8. The molecule has 4 nitrogen and oxygen atoms in total. The molecule has 0 radical (unpaired) electrons. The van der Waals surface area contributed by atoms with E-state index in [0.717, 1.165) is 50.4 Å². The summed E-state index contributed by atoms with van der Waals surface area (Å²) in [5, 5.41) is 4.90. The summed E-state index contributed by atoms with van der Waals surface area (Å²) in [7, 11) is 0. The van der Waals surface area contributed by atoms with Crippen molar-refractivity contribution in [1.29, 1.82) is 0 Å². The maximum Gasteiger partial charge on any atom is 0.165 e. The van der Waals surface area contributed by atoms with Gasteiger partial charge in [0.25, 0.3) is 0 Å². The fraction of sp³-hybridized carbons (Fsp3) is 0. The van der Waals surface area contributed by atoms with Crippen LogP contribution in [-0.2, 0) is 0 Å². The largest absolute Gasteiger partial charge is 0.309 e. The Kier molecular flexibility index (Phi) is 5.08. The number of hydrogen-bond donors (Lipinski definition) is 0. The maximum atomic E-state index is 5.35. The molecule has 48 heavy (non-hydrogen) atoms. The van der Waals surface area contributed by atoms with Crippen molar-refractivity contribution in [2.75, 3.05) is 0 Å². The van der Waals surface area contributed by atoms with Gasteiger partial charge in [0.1, 0.15) is 5.69 Å². The zero-order valence-corrected chi connectivity index (χ0v) is 25.8. The number of aromatic nitrogens is 4. The van der Waals surface area contributed by atoms with Crippen LogP contribution in [0.15, 0.2) is 158 Å². The first-order valence-corrected chi connectivity index (χ1v) is 16.4. The van der Waals surface area contributed by atoms with E-state index in [9.17, 15) is 0 Å². The van der Waals surface area contributed by atoms with Crippen LogP contribution < -0.4 is 0 Å². The van der Waals surface area contributed by atoms with Crippen LogP contribution >= 0.6 is 0 Å². The molecule has 0 spiro atoms. The lowest BCUT2D eigenvalue weighted by molar-refractivity contribution is 1.09. The fourth-order valence-electron chi connectivity index (χ4n) is 8.11. The second kappa shape index (κ2) is 9.50. The van der Waals surface area contributed by atoms with Gasteiger partial charge in [-0.3, -0.25) is 4.57 Å². The van der Waals surface area contributed by atoms with Gasteiger partial charge in [-0.2, -0.15) is 0 Å². The SMILES string of the molecule is c1ccc(-n2c3ccccc3c3c(-c4ccc5c6ccccc6n6c5c4-c4ccccc4-c4nc5ccccc5nc4-6)cccc32)cc1. The van der Waals surface area contributed by atoms with Crippen molar-refractivity contribution >= 4 is 54.6 Å². The third kappa shape index (κ3) is 3.33. The third-order valence-electron chi connectivity index (χ3n) is 10.1. The quantitative estimate of drug-likeness (QED) is 0.195. The number of fused-ring (bicyclic) bond motifs is 12. The summed E-state index contributed by atoms with van der Waals surface area (Å²) in [6.45, 7) is 0. The lowest BCUT2D eigenvalue weighted by Gasteiger charge is -2.15. The lowest BCUT2D eigenvalue weighted by atomic mass is 9.88. The first-order valence-electron chi connectivity index (χ1n) is 16.4. The van der Waals surface area contributed by atoms with Crippen LogP contribution in [0.3, 0.4) is 0 Å². The van der Waals surface area contributed by atoms with E-state index in [2.05, 4.69) is 155 Å². The van der Waals surface area contributed by atoms with E-state index in [1.54, 1.807) is 0 Å². The molecule has 0 atom stereocenters. The Labute approximate surface area is 275 Å². The third-order valence-corrected chi connectivity index (χ3v) is 10.1. The molecule has 0 N–H and O–H groups in total. The van der Waals surface area contributed by atoms with E-state index in [-0.39, 0.29) is 0 Å². The Morgan fingerprint density at radius 1 is 0.375 bits per heavy atom. The molecule has 4 heteroatoms. The Bertz CT molecular complexity index is 2950. The van der Waals surface area contributed by atoms with Crippen LogP contribution in [-0.4, -0.2) is 19.1 Å². The number of hydrogen-bond acceptors (Lipinski definition) is 2. The zero-order chi connectivity index (χ0) is 31.3. The Morgan fingerprint density at radius 3 is 1.83 bits per heavy atom. The average Bonchev–Trinajstić information content (AvgIpc) is 3.63. The Balaban J connectivity index is 1.35. The summed E-state index contributed by atoms with van der Waals surface area (Å²) in [4.78, 5) is 10.7. The van der Waals surface area contributed by atoms with Crippen molar-refractivity contribution in [3.8, 4) is 45.0 Å². The van der Waals surface area contributed by atoms with Gasteiger partial charge in [-0.25, -0.2) is 9.97 Å². The van der Waals surface area contributed by atoms with Crippen molar-refractivity contribution in [3.63, 3.8) is 0 Å². The topological polar surface area (TPSA) is 35.6 Å². The number of rotatable bonds is 2. The Morgan fingerprint density at radius 2 is 1.00 bits per heavy atom. The van der Waals surface area contributed by atoms with Gasteiger partial charge in [0.15, 0.2) is 5.82 Å². The van der Waals surface area contributed by atoms with Gasteiger partial charge in [0.05, 0.1) is 33.1 Å². The monoisotopic (exact) mass is 610 g/mol. The normalized spacial score (nSPS) is 12.2. The van der Waals surface area contributed by atoms with Gasteiger partial charge in [0, 0.05) is 38.4 Å². The van der Waals surface area contributed by atoms with Gasteiger partial charge in [0.2, 0.25) is 0 Å².